The Morgan fingerprint density at radius 3 is 2.59 bits per heavy atom. The summed E-state index contributed by atoms with van der Waals surface area (Å²) in [5, 5.41) is 9.21. The molecule has 2 rings (SSSR count). The van der Waals surface area contributed by atoms with Gasteiger partial charge in [0.1, 0.15) is 6.54 Å². The monoisotopic (exact) mass is 571 g/mol. The Labute approximate surface area is 204 Å². The lowest BCUT2D eigenvalue weighted by atomic mass is 10.0. The second-order valence-electron chi connectivity index (χ2n) is 7.43. The van der Waals surface area contributed by atoms with Gasteiger partial charge >= 0.3 is 6.18 Å². The molecule has 1 fully saturated rings. The molecule has 1 aliphatic heterocycles. The van der Waals surface area contributed by atoms with Gasteiger partial charge in [-0.15, -0.1) is 24.0 Å². The molecular weight excluding hydrogens is 538 g/mol. The van der Waals surface area contributed by atoms with Gasteiger partial charge in [0.15, 0.2) is 5.96 Å². The molecule has 1 heterocycles. The van der Waals surface area contributed by atoms with Gasteiger partial charge in [-0.2, -0.15) is 13.2 Å². The van der Waals surface area contributed by atoms with Crippen LogP contribution in [0.15, 0.2) is 29.3 Å². The molecule has 3 N–H and O–H groups in total. The van der Waals surface area contributed by atoms with Crippen LogP contribution in [0.4, 0.5) is 13.2 Å². The van der Waals surface area contributed by atoms with Gasteiger partial charge in [-0.25, -0.2) is 4.99 Å². The molecule has 32 heavy (non-hydrogen) atoms. The summed E-state index contributed by atoms with van der Waals surface area (Å²) in [4.78, 5) is 18.3. The zero-order valence-electron chi connectivity index (χ0n) is 18.5. The Balaban J connectivity index is 0.00000512. The second kappa shape index (κ2) is 14.5. The van der Waals surface area contributed by atoms with Crippen LogP contribution in [0.1, 0.15) is 30.9 Å². The Morgan fingerprint density at radius 2 is 1.97 bits per heavy atom. The number of aliphatic imine (C=N–C) groups is 1. The van der Waals surface area contributed by atoms with Crippen LogP contribution < -0.4 is 16.0 Å². The highest BCUT2D eigenvalue weighted by Crippen LogP contribution is 2.30. The molecule has 182 valence electrons. The number of rotatable bonds is 9. The number of benzene rings is 1. The number of methoxy groups -OCH3 is 1. The number of carbonyl (C=O) groups excluding carboxylic acids is 1. The number of alkyl halides is 3. The predicted octanol–water partition coefficient (Wildman–Crippen LogP) is 2.61. The van der Waals surface area contributed by atoms with E-state index in [0.29, 0.717) is 37.8 Å². The first-order chi connectivity index (χ1) is 14.8. The number of carbonyl (C=O) groups is 1. The largest absolute Gasteiger partial charge is 0.416 e. The van der Waals surface area contributed by atoms with Crippen molar-refractivity contribution in [1.29, 1.82) is 0 Å². The lowest BCUT2D eigenvalue weighted by Crippen LogP contribution is -2.48. The standard InChI is InChI=1S/C21H32F3N5O2.HI/c1-3-25-20(27-14-19(30)26-9-12-31-2)28-18-7-10-29(11-8-18)15-16-5-4-6-17(13-16)21(22,23)24;/h4-6,13,18H,3,7-12,14-15H2,1-2H3,(H,26,30)(H2,25,27,28);1H. The van der Waals surface area contributed by atoms with Gasteiger partial charge in [0, 0.05) is 45.9 Å². The van der Waals surface area contributed by atoms with Crippen molar-refractivity contribution >= 4 is 35.8 Å². The zero-order chi connectivity index (χ0) is 22.7. The molecule has 0 bridgehead atoms. The fourth-order valence-corrected chi connectivity index (χ4v) is 3.35. The number of ether oxygens (including phenoxy) is 1. The maximum atomic E-state index is 12.9. The van der Waals surface area contributed by atoms with E-state index in [-0.39, 0.29) is 42.5 Å². The molecule has 0 unspecified atom stereocenters. The van der Waals surface area contributed by atoms with E-state index < -0.39 is 11.7 Å². The first kappa shape index (κ1) is 28.4. The average Bonchev–Trinajstić information content (AvgIpc) is 2.73. The van der Waals surface area contributed by atoms with E-state index in [4.69, 9.17) is 4.74 Å². The van der Waals surface area contributed by atoms with Crippen LogP contribution in [0.25, 0.3) is 0 Å². The topological polar surface area (TPSA) is 78.0 Å². The minimum atomic E-state index is -4.32. The second-order valence-corrected chi connectivity index (χ2v) is 7.43. The lowest BCUT2D eigenvalue weighted by molar-refractivity contribution is -0.137. The van der Waals surface area contributed by atoms with E-state index in [2.05, 4.69) is 25.8 Å². The molecule has 0 saturated carbocycles. The molecule has 0 atom stereocenters. The fourth-order valence-electron chi connectivity index (χ4n) is 3.35. The van der Waals surface area contributed by atoms with Crippen LogP contribution in [-0.2, 0) is 22.3 Å². The van der Waals surface area contributed by atoms with Crippen LogP contribution in [0.2, 0.25) is 0 Å². The van der Waals surface area contributed by atoms with E-state index >= 15 is 0 Å². The number of halogens is 4. The number of hydrogen-bond acceptors (Lipinski definition) is 4. The molecule has 1 aromatic rings. The van der Waals surface area contributed by atoms with Crippen LogP contribution >= 0.6 is 24.0 Å². The summed E-state index contributed by atoms with van der Waals surface area (Å²) in [6.45, 7) is 5.57. The van der Waals surface area contributed by atoms with Gasteiger partial charge in [0.05, 0.1) is 12.2 Å². The summed E-state index contributed by atoms with van der Waals surface area (Å²) in [5.41, 5.74) is 0.0509. The summed E-state index contributed by atoms with van der Waals surface area (Å²) in [5.74, 6) is 0.408. The third-order valence-electron chi connectivity index (χ3n) is 4.94. The Bertz CT molecular complexity index is 726. The van der Waals surface area contributed by atoms with Crippen molar-refractivity contribution in [3.63, 3.8) is 0 Å². The van der Waals surface area contributed by atoms with E-state index in [1.165, 1.54) is 12.1 Å². The van der Waals surface area contributed by atoms with Crippen molar-refractivity contribution in [2.75, 3.05) is 46.4 Å². The number of guanidine groups is 1. The molecule has 1 amide bonds. The first-order valence-electron chi connectivity index (χ1n) is 10.5. The van der Waals surface area contributed by atoms with Gasteiger partial charge in [0.2, 0.25) is 5.91 Å². The molecule has 0 aliphatic carbocycles. The third kappa shape index (κ3) is 10.3. The summed E-state index contributed by atoms with van der Waals surface area (Å²) < 4.78 is 43.6. The van der Waals surface area contributed by atoms with Crippen LogP contribution in [0.3, 0.4) is 0 Å². The number of nitrogens with one attached hydrogen (secondary N) is 3. The predicted molar refractivity (Wildman–Crippen MR) is 129 cm³/mol. The van der Waals surface area contributed by atoms with Gasteiger partial charge in [0.25, 0.3) is 0 Å². The van der Waals surface area contributed by atoms with E-state index in [1.54, 1.807) is 13.2 Å². The molecular formula is C21H33F3IN5O2. The van der Waals surface area contributed by atoms with Crippen LogP contribution in [0.5, 0.6) is 0 Å². The molecule has 7 nitrogen and oxygen atoms in total. The SMILES string of the molecule is CCNC(=NCC(=O)NCCOC)NC1CCN(Cc2cccc(C(F)(F)F)c2)CC1.I. The maximum absolute atomic E-state index is 12.9. The summed E-state index contributed by atoms with van der Waals surface area (Å²) in [6.07, 6.45) is -2.65. The average molecular weight is 571 g/mol. The van der Waals surface area contributed by atoms with E-state index in [9.17, 15) is 18.0 Å². The number of piperidine rings is 1. The molecule has 11 heteroatoms. The zero-order valence-corrected chi connectivity index (χ0v) is 20.8. The highest BCUT2D eigenvalue weighted by molar-refractivity contribution is 14.0. The Hall–Kier alpha value is -1.60. The third-order valence-corrected chi connectivity index (χ3v) is 4.94. The van der Waals surface area contributed by atoms with Crippen molar-refractivity contribution in [2.24, 2.45) is 4.99 Å². The van der Waals surface area contributed by atoms with Crippen molar-refractivity contribution in [1.82, 2.24) is 20.9 Å². The molecule has 0 radical (unpaired) electrons. The van der Waals surface area contributed by atoms with Crippen LogP contribution in [0, 0.1) is 0 Å². The van der Waals surface area contributed by atoms with Gasteiger partial charge in [-0.3, -0.25) is 9.69 Å². The Morgan fingerprint density at radius 1 is 1.25 bits per heavy atom. The molecule has 0 spiro atoms. The summed E-state index contributed by atoms with van der Waals surface area (Å²) in [7, 11) is 1.57. The van der Waals surface area contributed by atoms with Crippen LogP contribution in [-0.4, -0.2) is 69.2 Å². The van der Waals surface area contributed by atoms with E-state index in [1.807, 2.05) is 6.92 Å². The molecule has 1 saturated heterocycles. The molecule has 1 aliphatic rings. The maximum Gasteiger partial charge on any atom is 0.416 e. The number of hydrogen-bond donors (Lipinski definition) is 3. The smallest absolute Gasteiger partial charge is 0.383 e. The van der Waals surface area contributed by atoms with Crippen molar-refractivity contribution in [2.45, 2.75) is 38.5 Å². The van der Waals surface area contributed by atoms with Crippen molar-refractivity contribution < 1.29 is 22.7 Å². The van der Waals surface area contributed by atoms with Gasteiger partial charge in [-0.05, 0) is 31.4 Å². The van der Waals surface area contributed by atoms with Crippen molar-refractivity contribution in [3.05, 3.63) is 35.4 Å². The molecule has 0 aromatic heterocycles. The highest BCUT2D eigenvalue weighted by atomic mass is 127. The van der Waals surface area contributed by atoms with Gasteiger partial charge < -0.3 is 20.7 Å². The summed E-state index contributed by atoms with van der Waals surface area (Å²) in [6, 6.07) is 5.69. The Kier molecular flexibility index (Phi) is 12.9. The highest BCUT2D eigenvalue weighted by Gasteiger charge is 2.30. The normalized spacial score (nSPS) is 15.7. The van der Waals surface area contributed by atoms with Crippen molar-refractivity contribution in [3.8, 4) is 0 Å². The van der Waals surface area contributed by atoms with E-state index in [0.717, 1.165) is 32.0 Å². The van der Waals surface area contributed by atoms with Gasteiger partial charge in [-0.1, -0.05) is 18.2 Å². The quantitative estimate of drug-likeness (QED) is 0.184. The minimum Gasteiger partial charge on any atom is -0.383 e. The number of amides is 1. The summed E-state index contributed by atoms with van der Waals surface area (Å²) >= 11 is 0. The fraction of sp³-hybridized carbons (Fsp3) is 0.619. The minimum absolute atomic E-state index is 0. The first-order valence-corrected chi connectivity index (χ1v) is 10.5. The number of nitrogens with zero attached hydrogens (tertiary/aromatic N) is 2. The number of likely N-dealkylation sites (tertiary alicyclic amines) is 1. The lowest BCUT2D eigenvalue weighted by Gasteiger charge is -2.33. The molecule has 1 aromatic carbocycles.